The molecule has 0 spiro atoms. The van der Waals surface area contributed by atoms with E-state index >= 15 is 0 Å². The molecular weight excluding hydrogens is 266 g/mol. The van der Waals surface area contributed by atoms with E-state index in [4.69, 9.17) is 0 Å². The van der Waals surface area contributed by atoms with E-state index in [0.717, 1.165) is 6.42 Å². The van der Waals surface area contributed by atoms with Gasteiger partial charge in [0.05, 0.1) is 6.20 Å². The Kier molecular flexibility index (Phi) is 5.26. The van der Waals surface area contributed by atoms with Gasteiger partial charge in [0.25, 0.3) is 0 Å². The van der Waals surface area contributed by atoms with Crippen molar-refractivity contribution in [1.82, 2.24) is 15.1 Å². The van der Waals surface area contributed by atoms with Crippen molar-refractivity contribution in [2.75, 3.05) is 7.05 Å². The predicted octanol–water partition coefficient (Wildman–Crippen LogP) is 3.42. The van der Waals surface area contributed by atoms with Gasteiger partial charge in [-0.3, -0.25) is 4.68 Å². The van der Waals surface area contributed by atoms with Crippen LogP contribution >= 0.6 is 11.8 Å². The summed E-state index contributed by atoms with van der Waals surface area (Å²) >= 11 is 1.86. The normalized spacial score (nSPS) is 14.2. The maximum Gasteiger partial charge on any atom is 0.0625 e. The summed E-state index contributed by atoms with van der Waals surface area (Å²) in [6.45, 7) is 4.44. The lowest BCUT2D eigenvalue weighted by molar-refractivity contribution is 0.589. The molecule has 0 bridgehead atoms. The minimum absolute atomic E-state index is 0.339. The smallest absolute Gasteiger partial charge is 0.0625 e. The van der Waals surface area contributed by atoms with Gasteiger partial charge >= 0.3 is 0 Å². The average molecular weight is 289 g/mol. The molecule has 3 nitrogen and oxygen atoms in total. The maximum absolute atomic E-state index is 4.23. The number of thioether (sulfide) groups is 1. The number of aryl methyl sites for hydroxylation is 2. The number of benzene rings is 1. The van der Waals surface area contributed by atoms with Gasteiger partial charge in [-0.2, -0.15) is 5.10 Å². The fourth-order valence-corrected chi connectivity index (χ4v) is 3.56. The molecule has 1 aromatic heterocycles. The molecule has 0 aliphatic carbocycles. The lowest BCUT2D eigenvalue weighted by Gasteiger charge is -2.23. The summed E-state index contributed by atoms with van der Waals surface area (Å²) in [5, 5.41) is 8.10. The van der Waals surface area contributed by atoms with E-state index in [2.05, 4.69) is 54.7 Å². The number of aromatic nitrogens is 2. The SMILES string of the molecule is CCc1ccc(C(NC)C(C)Sc2cnn(C)c2)cc1. The first-order chi connectivity index (χ1) is 9.63. The maximum atomic E-state index is 4.23. The molecule has 0 radical (unpaired) electrons. The van der Waals surface area contributed by atoms with Gasteiger partial charge in [-0.05, 0) is 24.6 Å². The van der Waals surface area contributed by atoms with Crippen molar-refractivity contribution in [2.45, 2.75) is 36.5 Å². The van der Waals surface area contributed by atoms with E-state index in [1.807, 2.05) is 36.7 Å². The van der Waals surface area contributed by atoms with E-state index in [-0.39, 0.29) is 0 Å². The molecule has 108 valence electrons. The highest BCUT2D eigenvalue weighted by molar-refractivity contribution is 8.00. The van der Waals surface area contributed by atoms with Crippen LogP contribution in [0, 0.1) is 0 Å². The molecule has 4 heteroatoms. The molecule has 0 saturated heterocycles. The van der Waals surface area contributed by atoms with E-state index < -0.39 is 0 Å². The van der Waals surface area contributed by atoms with Gasteiger partial charge in [0.1, 0.15) is 0 Å². The van der Waals surface area contributed by atoms with Crippen molar-refractivity contribution in [2.24, 2.45) is 7.05 Å². The largest absolute Gasteiger partial charge is 0.312 e. The Morgan fingerprint density at radius 1 is 1.30 bits per heavy atom. The van der Waals surface area contributed by atoms with Crippen LogP contribution < -0.4 is 5.32 Å². The lowest BCUT2D eigenvalue weighted by atomic mass is 10.0. The van der Waals surface area contributed by atoms with Crippen molar-refractivity contribution in [1.29, 1.82) is 0 Å². The third kappa shape index (κ3) is 3.64. The highest BCUT2D eigenvalue weighted by Crippen LogP contribution is 2.31. The summed E-state index contributed by atoms with van der Waals surface area (Å²) in [6, 6.07) is 9.26. The highest BCUT2D eigenvalue weighted by atomic mass is 32.2. The van der Waals surface area contributed by atoms with Gasteiger partial charge < -0.3 is 5.32 Å². The Morgan fingerprint density at radius 3 is 2.50 bits per heavy atom. The van der Waals surface area contributed by atoms with Crippen molar-refractivity contribution >= 4 is 11.8 Å². The molecule has 0 aliphatic rings. The summed E-state index contributed by atoms with van der Waals surface area (Å²) < 4.78 is 1.85. The van der Waals surface area contributed by atoms with Gasteiger partial charge in [0, 0.05) is 29.4 Å². The van der Waals surface area contributed by atoms with Crippen LogP contribution in [-0.4, -0.2) is 22.1 Å². The zero-order chi connectivity index (χ0) is 14.5. The van der Waals surface area contributed by atoms with Crippen LogP contribution in [0.3, 0.4) is 0 Å². The fourth-order valence-electron chi connectivity index (χ4n) is 2.38. The second kappa shape index (κ2) is 6.95. The third-order valence-corrected chi connectivity index (χ3v) is 4.66. The summed E-state index contributed by atoms with van der Waals surface area (Å²) in [7, 11) is 3.98. The molecule has 2 unspecified atom stereocenters. The van der Waals surface area contributed by atoms with E-state index in [1.54, 1.807) is 0 Å². The first-order valence-corrected chi connectivity index (χ1v) is 7.93. The van der Waals surface area contributed by atoms with Crippen LogP contribution in [0.5, 0.6) is 0 Å². The molecule has 2 rings (SSSR count). The van der Waals surface area contributed by atoms with E-state index in [0.29, 0.717) is 11.3 Å². The van der Waals surface area contributed by atoms with Crippen LogP contribution in [-0.2, 0) is 13.5 Å². The van der Waals surface area contributed by atoms with Crippen LogP contribution in [0.4, 0.5) is 0 Å². The molecule has 0 amide bonds. The topological polar surface area (TPSA) is 29.9 Å². The Hall–Kier alpha value is -1.26. The van der Waals surface area contributed by atoms with E-state index in [1.165, 1.54) is 16.0 Å². The average Bonchev–Trinajstić information content (AvgIpc) is 2.85. The zero-order valence-corrected chi connectivity index (χ0v) is 13.4. The molecule has 2 aromatic rings. The molecule has 2 atom stereocenters. The number of rotatable bonds is 6. The van der Waals surface area contributed by atoms with Crippen LogP contribution in [0.15, 0.2) is 41.6 Å². The Labute approximate surface area is 125 Å². The lowest BCUT2D eigenvalue weighted by Crippen LogP contribution is -2.25. The monoisotopic (exact) mass is 289 g/mol. The number of nitrogens with zero attached hydrogens (tertiary/aromatic N) is 2. The van der Waals surface area contributed by atoms with E-state index in [9.17, 15) is 0 Å². The fraction of sp³-hybridized carbons (Fsp3) is 0.438. The summed E-state index contributed by atoms with van der Waals surface area (Å²) in [4.78, 5) is 1.21. The van der Waals surface area contributed by atoms with Crippen molar-refractivity contribution < 1.29 is 0 Å². The zero-order valence-electron chi connectivity index (χ0n) is 12.6. The van der Waals surface area contributed by atoms with Gasteiger partial charge in [0.2, 0.25) is 0 Å². The minimum atomic E-state index is 0.339. The summed E-state index contributed by atoms with van der Waals surface area (Å²) in [5.74, 6) is 0. The van der Waals surface area contributed by atoms with Crippen LogP contribution in [0.1, 0.15) is 31.0 Å². The first-order valence-electron chi connectivity index (χ1n) is 7.05. The standard InChI is InChI=1S/C16H23N3S/c1-5-13-6-8-14(9-7-13)16(17-3)12(2)20-15-10-18-19(4)11-15/h6-12,16-17H,5H2,1-4H3. The summed E-state index contributed by atoms with van der Waals surface area (Å²) in [6.07, 6.45) is 5.08. The minimum Gasteiger partial charge on any atom is -0.312 e. The molecule has 20 heavy (non-hydrogen) atoms. The number of hydrogen-bond acceptors (Lipinski definition) is 3. The molecule has 0 fully saturated rings. The Balaban J connectivity index is 2.09. The number of nitrogens with one attached hydrogen (secondary N) is 1. The first kappa shape index (κ1) is 15.1. The van der Waals surface area contributed by atoms with Crippen molar-refractivity contribution in [3.63, 3.8) is 0 Å². The number of hydrogen-bond donors (Lipinski definition) is 1. The van der Waals surface area contributed by atoms with Gasteiger partial charge in [-0.15, -0.1) is 11.8 Å². The second-order valence-electron chi connectivity index (χ2n) is 5.03. The van der Waals surface area contributed by atoms with Gasteiger partial charge in [-0.25, -0.2) is 0 Å². The van der Waals surface area contributed by atoms with Gasteiger partial charge in [-0.1, -0.05) is 38.1 Å². The third-order valence-electron chi connectivity index (χ3n) is 3.53. The Bertz CT molecular complexity index is 533. The molecule has 0 aliphatic heterocycles. The molecule has 1 aromatic carbocycles. The van der Waals surface area contributed by atoms with Crippen LogP contribution in [0.2, 0.25) is 0 Å². The second-order valence-corrected chi connectivity index (χ2v) is 6.48. The predicted molar refractivity (Wildman–Crippen MR) is 86.1 cm³/mol. The molecule has 1 heterocycles. The summed E-state index contributed by atoms with van der Waals surface area (Å²) in [5.41, 5.74) is 2.73. The van der Waals surface area contributed by atoms with Crippen molar-refractivity contribution in [3.8, 4) is 0 Å². The molecule has 0 saturated carbocycles. The molecule has 1 N–H and O–H groups in total. The Morgan fingerprint density at radius 2 is 2.00 bits per heavy atom. The van der Waals surface area contributed by atoms with Crippen LogP contribution in [0.25, 0.3) is 0 Å². The highest BCUT2D eigenvalue weighted by Gasteiger charge is 2.19. The quantitative estimate of drug-likeness (QED) is 0.826. The van der Waals surface area contributed by atoms with Crippen molar-refractivity contribution in [3.05, 3.63) is 47.8 Å². The van der Waals surface area contributed by atoms with Gasteiger partial charge in [0.15, 0.2) is 0 Å². The molecular formula is C16H23N3S.